The molecule has 0 aliphatic heterocycles. The van der Waals surface area contributed by atoms with Crippen molar-refractivity contribution in [1.82, 2.24) is 0 Å². The molecule has 0 fully saturated rings. The minimum absolute atomic E-state index is 0.0773. The Morgan fingerprint density at radius 3 is 1.88 bits per heavy atom. The van der Waals surface area contributed by atoms with Gasteiger partial charge in [-0.05, 0) is 58.3 Å². The van der Waals surface area contributed by atoms with Gasteiger partial charge in [-0.2, -0.15) is 0 Å². The highest BCUT2D eigenvalue weighted by Gasteiger charge is 2.15. The van der Waals surface area contributed by atoms with E-state index in [4.69, 9.17) is 18.9 Å². The molecule has 0 aromatic carbocycles. The third-order valence-corrected chi connectivity index (χ3v) is 4.63. The van der Waals surface area contributed by atoms with E-state index in [2.05, 4.69) is 51.7 Å². The summed E-state index contributed by atoms with van der Waals surface area (Å²) in [5, 5.41) is 0. The Labute approximate surface area is 201 Å². The van der Waals surface area contributed by atoms with Gasteiger partial charge in [-0.3, -0.25) is 4.79 Å². The standard InChI is InChI=1S/C27H45O6/c1-5-8-10-12-14-16-20-30-27(31-21-17-15-13-11-9-6-2)19-18-26(29)33-23-24(4)22-32-25(28)7-3/h7-11,24,27H,3-6,12-23H2,1-2H3/b10-8-,11-9-. The van der Waals surface area contributed by atoms with Crippen molar-refractivity contribution in [3.05, 3.63) is 43.9 Å². The zero-order chi connectivity index (χ0) is 24.6. The second kappa shape index (κ2) is 23.2. The number of hydrogen-bond acceptors (Lipinski definition) is 6. The normalized spacial score (nSPS) is 12.5. The van der Waals surface area contributed by atoms with Crippen LogP contribution in [0.3, 0.4) is 0 Å². The first-order valence-electron chi connectivity index (χ1n) is 12.3. The number of allylic oxidation sites excluding steroid dienone is 4. The molecule has 0 spiro atoms. The van der Waals surface area contributed by atoms with Gasteiger partial charge in [-0.25, -0.2) is 4.79 Å². The highest BCUT2D eigenvalue weighted by atomic mass is 16.7. The predicted octanol–water partition coefficient (Wildman–Crippen LogP) is 6.12. The molecule has 0 aromatic heterocycles. The third kappa shape index (κ3) is 21.7. The average Bonchev–Trinajstić information content (AvgIpc) is 2.82. The third-order valence-electron chi connectivity index (χ3n) is 4.63. The highest BCUT2D eigenvalue weighted by Crippen LogP contribution is 2.10. The highest BCUT2D eigenvalue weighted by molar-refractivity contribution is 5.81. The second-order valence-electron chi connectivity index (χ2n) is 7.84. The minimum Gasteiger partial charge on any atom is -0.465 e. The van der Waals surface area contributed by atoms with Gasteiger partial charge in [0.2, 0.25) is 0 Å². The lowest BCUT2D eigenvalue weighted by atomic mass is 10.2. The van der Waals surface area contributed by atoms with Crippen molar-refractivity contribution < 1.29 is 28.5 Å². The van der Waals surface area contributed by atoms with Crippen molar-refractivity contribution in [2.45, 2.75) is 84.3 Å². The predicted molar refractivity (Wildman–Crippen MR) is 132 cm³/mol. The molecular formula is C27H45O6. The summed E-state index contributed by atoms with van der Waals surface area (Å²) in [5.41, 5.74) is 0. The molecule has 1 unspecified atom stereocenters. The molecule has 0 aromatic rings. The SMILES string of the molecule is [CH2]C(COC(=O)C=C)COC(=O)CCC(OCCCC/C=C\CC)OCCCC/C=C\CC. The van der Waals surface area contributed by atoms with Crippen molar-refractivity contribution in [2.24, 2.45) is 5.92 Å². The van der Waals surface area contributed by atoms with E-state index in [9.17, 15) is 9.59 Å². The Hall–Kier alpha value is -1.92. The lowest BCUT2D eigenvalue weighted by Gasteiger charge is -2.19. The van der Waals surface area contributed by atoms with Gasteiger partial charge in [0.05, 0.1) is 19.6 Å². The van der Waals surface area contributed by atoms with Crippen LogP contribution in [0, 0.1) is 12.8 Å². The summed E-state index contributed by atoms with van der Waals surface area (Å²) in [6.45, 7) is 12.8. The number of carbonyl (C=O) groups excluding carboxylic acids is 2. The van der Waals surface area contributed by atoms with Crippen LogP contribution in [0.1, 0.15) is 78.1 Å². The van der Waals surface area contributed by atoms with Crippen molar-refractivity contribution in [3.8, 4) is 0 Å². The molecule has 0 N–H and O–H groups in total. The van der Waals surface area contributed by atoms with E-state index in [0.29, 0.717) is 19.6 Å². The molecule has 1 radical (unpaired) electrons. The van der Waals surface area contributed by atoms with Crippen LogP contribution in [0.4, 0.5) is 0 Å². The van der Waals surface area contributed by atoms with Gasteiger partial charge in [-0.15, -0.1) is 0 Å². The molecule has 6 nitrogen and oxygen atoms in total. The van der Waals surface area contributed by atoms with Crippen molar-refractivity contribution in [2.75, 3.05) is 26.4 Å². The first-order valence-corrected chi connectivity index (χ1v) is 12.3. The molecule has 0 saturated carbocycles. The van der Waals surface area contributed by atoms with E-state index < -0.39 is 12.3 Å². The summed E-state index contributed by atoms with van der Waals surface area (Å²) in [6, 6.07) is 0. The number of ether oxygens (including phenoxy) is 4. The van der Waals surface area contributed by atoms with Crippen LogP contribution < -0.4 is 0 Å². The van der Waals surface area contributed by atoms with Gasteiger partial charge in [0.15, 0.2) is 6.29 Å². The molecule has 0 heterocycles. The van der Waals surface area contributed by atoms with E-state index in [1.165, 1.54) is 0 Å². The Balaban J connectivity index is 4.24. The first kappa shape index (κ1) is 31.1. The number of carbonyl (C=O) groups is 2. The van der Waals surface area contributed by atoms with Crippen LogP contribution in [0.25, 0.3) is 0 Å². The van der Waals surface area contributed by atoms with Gasteiger partial charge in [0.1, 0.15) is 0 Å². The molecule has 6 heteroatoms. The Kier molecular flexibility index (Phi) is 21.9. The lowest BCUT2D eigenvalue weighted by molar-refractivity contribution is -0.160. The van der Waals surface area contributed by atoms with Crippen LogP contribution in [0.2, 0.25) is 0 Å². The van der Waals surface area contributed by atoms with Gasteiger partial charge in [-0.1, -0.05) is 44.7 Å². The summed E-state index contributed by atoms with van der Waals surface area (Å²) in [5.74, 6) is -1.19. The van der Waals surface area contributed by atoms with Crippen molar-refractivity contribution in [1.29, 1.82) is 0 Å². The van der Waals surface area contributed by atoms with E-state index >= 15 is 0 Å². The monoisotopic (exact) mass is 465 g/mol. The largest absolute Gasteiger partial charge is 0.465 e. The fourth-order valence-corrected chi connectivity index (χ4v) is 2.77. The molecule has 0 amide bonds. The maximum Gasteiger partial charge on any atom is 0.330 e. The maximum atomic E-state index is 12.1. The van der Waals surface area contributed by atoms with Gasteiger partial charge in [0, 0.05) is 31.6 Å². The molecule has 0 rings (SSSR count). The maximum absolute atomic E-state index is 12.1. The summed E-state index contributed by atoms with van der Waals surface area (Å²) in [6.07, 6.45) is 18.3. The molecule has 189 valence electrons. The Morgan fingerprint density at radius 1 is 0.818 bits per heavy atom. The number of esters is 2. The smallest absolute Gasteiger partial charge is 0.330 e. The number of rotatable bonds is 22. The molecule has 0 bridgehead atoms. The molecular weight excluding hydrogens is 420 g/mol. The number of unbranched alkanes of at least 4 members (excludes halogenated alkanes) is 4. The molecule has 0 aliphatic rings. The molecule has 0 saturated heterocycles. The number of hydrogen-bond donors (Lipinski definition) is 0. The van der Waals surface area contributed by atoms with Crippen molar-refractivity contribution in [3.63, 3.8) is 0 Å². The fourth-order valence-electron chi connectivity index (χ4n) is 2.77. The average molecular weight is 466 g/mol. The summed E-state index contributed by atoms with van der Waals surface area (Å²) in [7, 11) is 0. The summed E-state index contributed by atoms with van der Waals surface area (Å²) in [4.78, 5) is 23.2. The van der Waals surface area contributed by atoms with Gasteiger partial charge in [0.25, 0.3) is 0 Å². The van der Waals surface area contributed by atoms with E-state index in [1.807, 2.05) is 0 Å². The van der Waals surface area contributed by atoms with Crippen LogP contribution in [0.15, 0.2) is 37.0 Å². The quantitative estimate of drug-likeness (QED) is 0.0630. The van der Waals surface area contributed by atoms with Crippen LogP contribution >= 0.6 is 0 Å². The zero-order valence-corrected chi connectivity index (χ0v) is 20.8. The van der Waals surface area contributed by atoms with E-state index in [-0.39, 0.29) is 31.5 Å². The fraction of sp³-hybridized carbons (Fsp3) is 0.667. The summed E-state index contributed by atoms with van der Waals surface area (Å²) >= 11 is 0. The Morgan fingerprint density at radius 2 is 1.36 bits per heavy atom. The van der Waals surface area contributed by atoms with Crippen LogP contribution in [-0.2, 0) is 28.5 Å². The molecule has 1 atom stereocenters. The van der Waals surface area contributed by atoms with Gasteiger partial charge >= 0.3 is 11.9 Å². The van der Waals surface area contributed by atoms with E-state index in [0.717, 1.165) is 57.4 Å². The van der Waals surface area contributed by atoms with Crippen molar-refractivity contribution >= 4 is 11.9 Å². The second-order valence-corrected chi connectivity index (χ2v) is 7.84. The first-order chi connectivity index (χ1) is 16.0. The lowest BCUT2D eigenvalue weighted by Crippen LogP contribution is -2.22. The van der Waals surface area contributed by atoms with E-state index in [1.54, 1.807) is 0 Å². The topological polar surface area (TPSA) is 71.1 Å². The summed E-state index contributed by atoms with van der Waals surface area (Å²) < 4.78 is 21.9. The molecule has 0 aliphatic carbocycles. The van der Waals surface area contributed by atoms with Crippen LogP contribution in [0.5, 0.6) is 0 Å². The zero-order valence-electron chi connectivity index (χ0n) is 20.8. The molecule has 33 heavy (non-hydrogen) atoms. The van der Waals surface area contributed by atoms with Crippen LogP contribution in [-0.4, -0.2) is 44.7 Å². The Bertz CT molecular complexity index is 531. The minimum atomic E-state index is -0.519. The van der Waals surface area contributed by atoms with Gasteiger partial charge < -0.3 is 18.9 Å².